The Balaban J connectivity index is 1.51. The van der Waals surface area contributed by atoms with Gasteiger partial charge in [0.1, 0.15) is 12.0 Å². The van der Waals surface area contributed by atoms with E-state index in [2.05, 4.69) is 5.32 Å². The molecule has 6 heteroatoms. The Morgan fingerprint density at radius 3 is 2.79 bits per heavy atom. The number of ether oxygens (including phenoxy) is 1. The highest BCUT2D eigenvalue weighted by Gasteiger charge is 2.45. The Kier molecular flexibility index (Phi) is 2.94. The van der Waals surface area contributed by atoms with Crippen LogP contribution in [0.5, 0.6) is 0 Å². The number of rotatable bonds is 3. The largest absolute Gasteiger partial charge is 0.351 e. The number of benzene rings is 1. The maximum atomic E-state index is 12.7. The molecule has 2 fully saturated rings. The predicted molar refractivity (Wildman–Crippen MR) is 63.7 cm³/mol. The standard InChI is InChI=1S/C13H13FN2O3/c14-9-3-1-8(2-4-9)13(18)15-6-10-7-16-11(17)5-12(16)19-10/h1-4,10,12H,5-7H2,(H,15,18). The third-order valence-electron chi connectivity index (χ3n) is 3.36. The van der Waals surface area contributed by atoms with E-state index in [-0.39, 0.29) is 30.0 Å². The molecule has 3 rings (SSSR count). The van der Waals surface area contributed by atoms with Crippen molar-refractivity contribution in [3.05, 3.63) is 35.6 Å². The zero-order chi connectivity index (χ0) is 13.4. The van der Waals surface area contributed by atoms with E-state index in [1.165, 1.54) is 24.3 Å². The molecule has 2 aliphatic heterocycles. The minimum atomic E-state index is -0.376. The summed E-state index contributed by atoms with van der Waals surface area (Å²) in [7, 11) is 0. The molecule has 0 bridgehead atoms. The number of β-lactam (4-membered cyclic amide) rings is 1. The molecule has 2 heterocycles. The second-order valence-electron chi connectivity index (χ2n) is 4.68. The molecule has 1 aromatic rings. The van der Waals surface area contributed by atoms with Crippen molar-refractivity contribution >= 4 is 11.8 Å². The molecule has 0 aliphatic carbocycles. The van der Waals surface area contributed by atoms with E-state index in [9.17, 15) is 14.0 Å². The first-order valence-corrected chi connectivity index (χ1v) is 6.12. The molecule has 0 radical (unpaired) electrons. The summed E-state index contributed by atoms with van der Waals surface area (Å²) in [5, 5.41) is 2.72. The van der Waals surface area contributed by atoms with Gasteiger partial charge in [-0.05, 0) is 24.3 Å². The number of amides is 2. The lowest BCUT2D eigenvalue weighted by molar-refractivity contribution is -0.156. The van der Waals surface area contributed by atoms with Crippen LogP contribution in [0.15, 0.2) is 24.3 Å². The van der Waals surface area contributed by atoms with Gasteiger partial charge in [-0.3, -0.25) is 9.59 Å². The number of nitrogens with zero attached hydrogens (tertiary/aromatic N) is 1. The van der Waals surface area contributed by atoms with Crippen LogP contribution in [0.2, 0.25) is 0 Å². The zero-order valence-electron chi connectivity index (χ0n) is 10.1. The topological polar surface area (TPSA) is 58.6 Å². The first kappa shape index (κ1) is 12.1. The Morgan fingerprint density at radius 1 is 1.42 bits per heavy atom. The van der Waals surface area contributed by atoms with E-state index in [0.29, 0.717) is 25.1 Å². The molecule has 2 atom stereocenters. The van der Waals surface area contributed by atoms with Gasteiger partial charge < -0.3 is 15.0 Å². The fourth-order valence-electron chi connectivity index (χ4n) is 2.27. The lowest BCUT2D eigenvalue weighted by Gasteiger charge is -2.31. The third kappa shape index (κ3) is 2.31. The average molecular weight is 264 g/mol. The monoisotopic (exact) mass is 264 g/mol. The Labute approximate surface area is 109 Å². The van der Waals surface area contributed by atoms with Gasteiger partial charge >= 0.3 is 0 Å². The molecule has 5 nitrogen and oxygen atoms in total. The number of halogens is 1. The van der Waals surface area contributed by atoms with Crippen molar-refractivity contribution in [3.63, 3.8) is 0 Å². The normalized spacial score (nSPS) is 24.9. The maximum absolute atomic E-state index is 12.7. The average Bonchev–Trinajstić information content (AvgIpc) is 2.73. The number of carbonyl (C=O) groups excluding carboxylic acids is 2. The molecule has 1 N–H and O–H groups in total. The van der Waals surface area contributed by atoms with Gasteiger partial charge in [-0.15, -0.1) is 0 Å². The predicted octanol–water partition coefficient (Wildman–Crippen LogP) is 0.513. The third-order valence-corrected chi connectivity index (χ3v) is 3.36. The summed E-state index contributed by atoms with van der Waals surface area (Å²) in [5.74, 6) is -0.555. The number of carbonyl (C=O) groups is 2. The van der Waals surface area contributed by atoms with Gasteiger partial charge in [-0.25, -0.2) is 4.39 Å². The highest BCUT2D eigenvalue weighted by molar-refractivity contribution is 5.94. The van der Waals surface area contributed by atoms with Crippen molar-refractivity contribution in [3.8, 4) is 0 Å². The van der Waals surface area contributed by atoms with Crippen LogP contribution in [0.1, 0.15) is 16.8 Å². The molecule has 2 amide bonds. The summed E-state index contributed by atoms with van der Waals surface area (Å²) in [4.78, 5) is 24.6. The first-order valence-electron chi connectivity index (χ1n) is 6.12. The van der Waals surface area contributed by atoms with Gasteiger partial charge in [0.15, 0.2) is 0 Å². The summed E-state index contributed by atoms with van der Waals surface area (Å²) in [6.45, 7) is 0.865. The van der Waals surface area contributed by atoms with Crippen LogP contribution >= 0.6 is 0 Å². The zero-order valence-corrected chi connectivity index (χ0v) is 10.1. The van der Waals surface area contributed by atoms with Crippen LogP contribution in [-0.4, -0.2) is 42.1 Å². The molecule has 2 aliphatic rings. The van der Waals surface area contributed by atoms with Gasteiger partial charge in [0.05, 0.1) is 19.1 Å². The summed E-state index contributed by atoms with van der Waals surface area (Å²) in [5.41, 5.74) is 0.402. The minimum Gasteiger partial charge on any atom is -0.351 e. The molecule has 2 unspecified atom stereocenters. The highest BCUT2D eigenvalue weighted by atomic mass is 19.1. The summed E-state index contributed by atoms with van der Waals surface area (Å²) >= 11 is 0. The molecule has 0 spiro atoms. The van der Waals surface area contributed by atoms with Gasteiger partial charge in [0, 0.05) is 12.1 Å². The van der Waals surface area contributed by atoms with Crippen molar-refractivity contribution in [2.75, 3.05) is 13.1 Å². The molecular formula is C13H13FN2O3. The van der Waals surface area contributed by atoms with E-state index in [4.69, 9.17) is 4.74 Å². The summed E-state index contributed by atoms with van der Waals surface area (Å²) in [6, 6.07) is 5.34. The van der Waals surface area contributed by atoms with Crippen LogP contribution in [0.25, 0.3) is 0 Å². The summed E-state index contributed by atoms with van der Waals surface area (Å²) < 4.78 is 18.3. The molecule has 0 aromatic heterocycles. The maximum Gasteiger partial charge on any atom is 0.251 e. The van der Waals surface area contributed by atoms with Gasteiger partial charge in [0.25, 0.3) is 5.91 Å². The van der Waals surface area contributed by atoms with E-state index in [1.54, 1.807) is 4.90 Å². The van der Waals surface area contributed by atoms with Crippen molar-refractivity contribution in [1.29, 1.82) is 0 Å². The minimum absolute atomic E-state index is 0.0948. The van der Waals surface area contributed by atoms with E-state index in [1.807, 2.05) is 0 Å². The Bertz CT molecular complexity index is 517. The Morgan fingerprint density at radius 2 is 2.16 bits per heavy atom. The second-order valence-corrected chi connectivity index (χ2v) is 4.68. The number of hydrogen-bond donors (Lipinski definition) is 1. The molecule has 2 saturated heterocycles. The SMILES string of the molecule is O=C(NCC1CN2C(=O)CC2O1)c1ccc(F)cc1. The lowest BCUT2D eigenvalue weighted by atomic mass is 10.2. The van der Waals surface area contributed by atoms with Gasteiger partial charge in [0.2, 0.25) is 5.91 Å². The van der Waals surface area contributed by atoms with Crippen molar-refractivity contribution < 1.29 is 18.7 Å². The number of hydrogen-bond acceptors (Lipinski definition) is 3. The quantitative estimate of drug-likeness (QED) is 0.809. The molecular weight excluding hydrogens is 251 g/mol. The van der Waals surface area contributed by atoms with Crippen LogP contribution < -0.4 is 5.32 Å². The smallest absolute Gasteiger partial charge is 0.251 e. The van der Waals surface area contributed by atoms with Gasteiger partial charge in [-0.1, -0.05) is 0 Å². The molecule has 0 saturated carbocycles. The second kappa shape index (κ2) is 4.62. The first-order chi connectivity index (χ1) is 9.13. The van der Waals surface area contributed by atoms with Gasteiger partial charge in [-0.2, -0.15) is 0 Å². The molecule has 1 aromatic carbocycles. The fraction of sp³-hybridized carbons (Fsp3) is 0.385. The Hall–Kier alpha value is -1.95. The van der Waals surface area contributed by atoms with Crippen molar-refractivity contribution in [2.24, 2.45) is 0 Å². The van der Waals surface area contributed by atoms with E-state index < -0.39 is 0 Å². The van der Waals surface area contributed by atoms with Crippen LogP contribution in [0.4, 0.5) is 4.39 Å². The molecule has 19 heavy (non-hydrogen) atoms. The van der Waals surface area contributed by atoms with Crippen LogP contribution in [0, 0.1) is 5.82 Å². The fourth-order valence-corrected chi connectivity index (χ4v) is 2.27. The van der Waals surface area contributed by atoms with E-state index in [0.717, 1.165) is 0 Å². The number of nitrogens with one attached hydrogen (secondary N) is 1. The van der Waals surface area contributed by atoms with E-state index >= 15 is 0 Å². The van der Waals surface area contributed by atoms with Crippen LogP contribution in [-0.2, 0) is 9.53 Å². The lowest BCUT2D eigenvalue weighted by Crippen LogP contribution is -2.48. The van der Waals surface area contributed by atoms with Crippen molar-refractivity contribution in [1.82, 2.24) is 10.2 Å². The number of fused-ring (bicyclic) bond motifs is 1. The highest BCUT2D eigenvalue weighted by Crippen LogP contribution is 2.28. The van der Waals surface area contributed by atoms with Crippen molar-refractivity contribution in [2.45, 2.75) is 18.8 Å². The summed E-state index contributed by atoms with van der Waals surface area (Å²) in [6.07, 6.45) is 0.156. The van der Waals surface area contributed by atoms with Crippen LogP contribution in [0.3, 0.4) is 0 Å². The molecule has 100 valence electrons.